The number of hydrogen-bond donors (Lipinski definition) is 1. The van der Waals surface area contributed by atoms with Gasteiger partial charge in [-0.15, -0.1) is 0 Å². The zero-order valence-electron chi connectivity index (χ0n) is 13.6. The van der Waals surface area contributed by atoms with Gasteiger partial charge in [-0.3, -0.25) is 0 Å². The summed E-state index contributed by atoms with van der Waals surface area (Å²) < 4.78 is 12.1. The Labute approximate surface area is 137 Å². The van der Waals surface area contributed by atoms with E-state index in [2.05, 4.69) is 31.2 Å². The van der Waals surface area contributed by atoms with Gasteiger partial charge in [0.1, 0.15) is 24.2 Å². The van der Waals surface area contributed by atoms with Gasteiger partial charge in [0.15, 0.2) is 0 Å². The Kier molecular flexibility index (Phi) is 5.19. The molecule has 1 aliphatic heterocycles. The van der Waals surface area contributed by atoms with Crippen LogP contribution in [0, 0.1) is 0 Å². The molecule has 2 aromatic rings. The third-order valence-corrected chi connectivity index (χ3v) is 4.26. The van der Waals surface area contributed by atoms with Crippen molar-refractivity contribution in [2.24, 2.45) is 0 Å². The number of hydrogen-bond acceptors (Lipinski definition) is 3. The number of aliphatic hydroxyl groups excluding tert-OH is 1. The van der Waals surface area contributed by atoms with Crippen molar-refractivity contribution < 1.29 is 14.6 Å². The Morgan fingerprint density at radius 1 is 1.17 bits per heavy atom. The van der Waals surface area contributed by atoms with E-state index in [0.29, 0.717) is 6.61 Å². The zero-order chi connectivity index (χ0) is 16.1. The van der Waals surface area contributed by atoms with Crippen LogP contribution in [0.15, 0.2) is 42.5 Å². The second kappa shape index (κ2) is 7.51. The van der Waals surface area contributed by atoms with Crippen LogP contribution in [0.25, 0.3) is 0 Å². The van der Waals surface area contributed by atoms with Gasteiger partial charge in [-0.25, -0.2) is 0 Å². The number of aryl methyl sites for hydroxylation is 1. The normalized spacial score (nSPS) is 16.5. The molecule has 3 rings (SSSR count). The van der Waals surface area contributed by atoms with E-state index in [0.717, 1.165) is 48.3 Å². The van der Waals surface area contributed by atoms with E-state index in [1.807, 2.05) is 18.2 Å². The molecule has 23 heavy (non-hydrogen) atoms. The summed E-state index contributed by atoms with van der Waals surface area (Å²) in [6.07, 6.45) is 3.69. The predicted molar refractivity (Wildman–Crippen MR) is 91.0 cm³/mol. The molecule has 1 N–H and O–H groups in total. The molecular formula is C20H24O3. The molecule has 0 amide bonds. The lowest BCUT2D eigenvalue weighted by Crippen LogP contribution is -2.27. The smallest absolute Gasteiger partial charge is 0.129 e. The van der Waals surface area contributed by atoms with Gasteiger partial charge < -0.3 is 14.6 Å². The van der Waals surface area contributed by atoms with Crippen LogP contribution >= 0.6 is 0 Å². The Bertz CT molecular complexity index is 637. The maximum atomic E-state index is 9.40. The molecule has 0 bridgehead atoms. The second-order valence-corrected chi connectivity index (χ2v) is 6.02. The number of fused-ring (bicyclic) bond motifs is 1. The summed E-state index contributed by atoms with van der Waals surface area (Å²) in [7, 11) is 0. The molecule has 0 aliphatic carbocycles. The van der Waals surface area contributed by atoms with Gasteiger partial charge in [0.2, 0.25) is 0 Å². The van der Waals surface area contributed by atoms with Crippen molar-refractivity contribution in [1.29, 1.82) is 0 Å². The van der Waals surface area contributed by atoms with Crippen LogP contribution in [0.1, 0.15) is 36.5 Å². The summed E-state index contributed by atoms with van der Waals surface area (Å²) in [5.41, 5.74) is 3.52. The minimum absolute atomic E-state index is 0.0695. The molecule has 1 heterocycles. The summed E-state index contributed by atoms with van der Waals surface area (Å²) in [5, 5.41) is 9.40. The summed E-state index contributed by atoms with van der Waals surface area (Å²) in [4.78, 5) is 0. The molecule has 0 radical (unpaired) electrons. The van der Waals surface area contributed by atoms with E-state index < -0.39 is 0 Å². The van der Waals surface area contributed by atoms with Crippen molar-refractivity contribution in [3.63, 3.8) is 0 Å². The molecule has 3 heteroatoms. The monoisotopic (exact) mass is 312 g/mol. The van der Waals surface area contributed by atoms with Gasteiger partial charge in [-0.1, -0.05) is 49.7 Å². The minimum atomic E-state index is -0.0949. The van der Waals surface area contributed by atoms with Crippen LogP contribution in [0.4, 0.5) is 0 Å². The highest BCUT2D eigenvalue weighted by atomic mass is 16.5. The molecule has 2 aromatic carbocycles. The van der Waals surface area contributed by atoms with E-state index in [-0.39, 0.29) is 12.7 Å². The highest BCUT2D eigenvalue weighted by Crippen LogP contribution is 2.38. The molecule has 3 nitrogen and oxygen atoms in total. The van der Waals surface area contributed by atoms with Gasteiger partial charge in [0.25, 0.3) is 0 Å². The van der Waals surface area contributed by atoms with Gasteiger partial charge in [0, 0.05) is 5.56 Å². The third kappa shape index (κ3) is 3.67. The summed E-state index contributed by atoms with van der Waals surface area (Å²) in [5.74, 6) is 1.83. The summed E-state index contributed by atoms with van der Waals surface area (Å²) in [6.45, 7) is 2.78. The molecule has 1 unspecified atom stereocenters. The molecule has 1 aliphatic rings. The van der Waals surface area contributed by atoms with Crippen LogP contribution in [0.3, 0.4) is 0 Å². The van der Waals surface area contributed by atoms with Gasteiger partial charge >= 0.3 is 0 Å². The molecule has 1 atom stereocenters. The van der Waals surface area contributed by atoms with Crippen molar-refractivity contribution in [1.82, 2.24) is 0 Å². The van der Waals surface area contributed by atoms with E-state index in [4.69, 9.17) is 9.47 Å². The lowest BCUT2D eigenvalue weighted by molar-refractivity contribution is 0.0962. The summed E-state index contributed by atoms with van der Waals surface area (Å²) >= 11 is 0. The maximum Gasteiger partial charge on any atom is 0.129 e. The molecule has 0 saturated carbocycles. The molecular weight excluding hydrogens is 288 g/mol. The van der Waals surface area contributed by atoms with E-state index in [9.17, 15) is 5.11 Å². The fourth-order valence-electron chi connectivity index (χ4n) is 3.03. The largest absolute Gasteiger partial charge is 0.488 e. The first kappa shape index (κ1) is 15.9. The van der Waals surface area contributed by atoms with Gasteiger partial charge in [-0.05, 0) is 36.5 Å². The van der Waals surface area contributed by atoms with Crippen molar-refractivity contribution >= 4 is 0 Å². The van der Waals surface area contributed by atoms with Crippen molar-refractivity contribution in [3.8, 4) is 11.5 Å². The van der Waals surface area contributed by atoms with Crippen LogP contribution in [0.2, 0.25) is 0 Å². The Hall–Kier alpha value is -2.00. The number of benzene rings is 2. The zero-order valence-corrected chi connectivity index (χ0v) is 13.6. The lowest BCUT2D eigenvalue weighted by Gasteiger charge is -2.28. The number of aliphatic hydroxyl groups is 1. The lowest BCUT2D eigenvalue weighted by atomic mass is 9.96. The van der Waals surface area contributed by atoms with Crippen molar-refractivity contribution in [2.75, 3.05) is 6.61 Å². The first-order valence-electron chi connectivity index (χ1n) is 8.40. The third-order valence-electron chi connectivity index (χ3n) is 4.26. The Morgan fingerprint density at radius 2 is 2.00 bits per heavy atom. The average molecular weight is 312 g/mol. The van der Waals surface area contributed by atoms with Crippen molar-refractivity contribution in [2.45, 2.75) is 45.3 Å². The standard InChI is InChI=1S/C20H24O3/c1-2-6-18-19(22-14-15-7-4-3-5-8-15)12-10-16-9-11-17(13-21)23-20(16)18/h3-5,7-8,10,12,17,21H,2,6,9,11,13-14H2,1H3. The highest BCUT2D eigenvalue weighted by molar-refractivity contribution is 5.51. The van der Waals surface area contributed by atoms with Crippen molar-refractivity contribution in [3.05, 3.63) is 59.2 Å². The fraction of sp³-hybridized carbons (Fsp3) is 0.400. The van der Waals surface area contributed by atoms with E-state index in [1.54, 1.807) is 0 Å². The molecule has 0 saturated heterocycles. The van der Waals surface area contributed by atoms with Crippen LogP contribution < -0.4 is 9.47 Å². The number of ether oxygens (including phenoxy) is 2. The van der Waals surface area contributed by atoms with E-state index >= 15 is 0 Å². The first-order chi connectivity index (χ1) is 11.3. The Balaban J connectivity index is 1.85. The Morgan fingerprint density at radius 3 is 2.74 bits per heavy atom. The molecule has 122 valence electrons. The quantitative estimate of drug-likeness (QED) is 0.879. The first-order valence-corrected chi connectivity index (χ1v) is 8.40. The molecule has 0 spiro atoms. The average Bonchev–Trinajstić information content (AvgIpc) is 2.61. The number of rotatable bonds is 6. The van der Waals surface area contributed by atoms with Gasteiger partial charge in [-0.2, -0.15) is 0 Å². The van der Waals surface area contributed by atoms with Crippen LogP contribution in [-0.4, -0.2) is 17.8 Å². The topological polar surface area (TPSA) is 38.7 Å². The molecule has 0 aromatic heterocycles. The van der Waals surface area contributed by atoms with E-state index in [1.165, 1.54) is 5.56 Å². The summed E-state index contributed by atoms with van der Waals surface area (Å²) in [6, 6.07) is 14.3. The maximum absolute atomic E-state index is 9.40. The minimum Gasteiger partial charge on any atom is -0.488 e. The van der Waals surface area contributed by atoms with Crippen LogP contribution in [-0.2, 0) is 19.4 Å². The fourth-order valence-corrected chi connectivity index (χ4v) is 3.03. The molecule has 0 fully saturated rings. The predicted octanol–water partition coefficient (Wildman–Crippen LogP) is 3.90. The van der Waals surface area contributed by atoms with Crippen LogP contribution in [0.5, 0.6) is 11.5 Å². The second-order valence-electron chi connectivity index (χ2n) is 6.02. The van der Waals surface area contributed by atoms with Gasteiger partial charge in [0.05, 0.1) is 6.61 Å². The highest BCUT2D eigenvalue weighted by Gasteiger charge is 2.23. The SMILES string of the molecule is CCCc1c(OCc2ccccc2)ccc2c1OC(CO)CC2.